The van der Waals surface area contributed by atoms with Gasteiger partial charge in [-0.05, 0) is 65.6 Å². The van der Waals surface area contributed by atoms with E-state index < -0.39 is 23.8 Å². The van der Waals surface area contributed by atoms with E-state index in [-0.39, 0.29) is 36.2 Å². The molecule has 0 aliphatic heterocycles. The summed E-state index contributed by atoms with van der Waals surface area (Å²) in [6, 6.07) is 14.8. The van der Waals surface area contributed by atoms with Crippen LogP contribution < -0.4 is 10.6 Å². The lowest BCUT2D eigenvalue weighted by molar-refractivity contribution is -0.122. The molecule has 5 nitrogen and oxygen atoms in total. The van der Waals surface area contributed by atoms with Crippen LogP contribution in [0.25, 0.3) is 0 Å². The first-order valence-corrected chi connectivity index (χ1v) is 14.3. The smallest absolute Gasteiger partial charge is 0.220 e. The average Bonchev–Trinajstić information content (AvgIpc) is 3.44. The highest BCUT2D eigenvalue weighted by Crippen LogP contribution is 2.38. The van der Waals surface area contributed by atoms with Crippen LogP contribution in [0.2, 0.25) is 0 Å². The summed E-state index contributed by atoms with van der Waals surface area (Å²) in [5, 5.41) is 18.0. The molecule has 1 saturated carbocycles. The number of hydrogen-bond donors (Lipinski definition) is 3. The first kappa shape index (κ1) is 29.9. The van der Waals surface area contributed by atoms with Crippen molar-refractivity contribution in [2.75, 3.05) is 6.54 Å². The largest absolute Gasteiger partial charge is 0.469 e. The Kier molecular flexibility index (Phi) is 9.80. The summed E-state index contributed by atoms with van der Waals surface area (Å²) in [4.78, 5) is 12.9. The number of aliphatic hydroxyl groups excluding tert-OH is 1. The molecule has 2 aromatic carbocycles. The monoisotopic (exact) mass is 552 g/mol. The first-order chi connectivity index (χ1) is 19.0. The average molecular weight is 553 g/mol. The van der Waals surface area contributed by atoms with Crippen molar-refractivity contribution in [3.05, 3.63) is 94.9 Å². The molecule has 40 heavy (non-hydrogen) atoms. The van der Waals surface area contributed by atoms with Gasteiger partial charge in [-0.3, -0.25) is 4.79 Å². The first-order valence-electron chi connectivity index (χ1n) is 14.3. The summed E-state index contributed by atoms with van der Waals surface area (Å²) in [7, 11) is 0. The topological polar surface area (TPSA) is 74.5 Å². The van der Waals surface area contributed by atoms with Gasteiger partial charge in [-0.25, -0.2) is 8.78 Å². The van der Waals surface area contributed by atoms with E-state index in [1.54, 1.807) is 18.4 Å². The van der Waals surface area contributed by atoms with E-state index in [2.05, 4.69) is 55.7 Å². The molecular formula is C33H42F2N2O3. The minimum atomic E-state index is -0.983. The summed E-state index contributed by atoms with van der Waals surface area (Å²) in [5.74, 6) is -0.948. The molecule has 0 saturated heterocycles. The van der Waals surface area contributed by atoms with Gasteiger partial charge in [-0.15, -0.1) is 0 Å². The number of aliphatic hydroxyl groups is 1. The van der Waals surface area contributed by atoms with E-state index in [1.807, 2.05) is 0 Å². The minimum absolute atomic E-state index is 0.0106. The summed E-state index contributed by atoms with van der Waals surface area (Å²) in [6.07, 6.45) is 6.49. The lowest BCUT2D eigenvalue weighted by Crippen LogP contribution is -2.53. The molecule has 1 fully saturated rings. The van der Waals surface area contributed by atoms with Gasteiger partial charge in [0.2, 0.25) is 5.91 Å². The molecule has 3 aromatic rings. The lowest BCUT2D eigenvalue weighted by atomic mass is 9.74. The fourth-order valence-corrected chi connectivity index (χ4v) is 5.68. The van der Waals surface area contributed by atoms with Crippen LogP contribution in [-0.4, -0.2) is 29.7 Å². The van der Waals surface area contributed by atoms with Gasteiger partial charge >= 0.3 is 0 Å². The zero-order valence-corrected chi connectivity index (χ0v) is 23.8. The van der Waals surface area contributed by atoms with E-state index in [9.17, 15) is 18.7 Å². The Balaban J connectivity index is 1.52. The minimum Gasteiger partial charge on any atom is -0.469 e. The van der Waals surface area contributed by atoms with E-state index in [1.165, 1.54) is 29.7 Å². The van der Waals surface area contributed by atoms with Crippen molar-refractivity contribution in [2.24, 2.45) is 0 Å². The molecule has 4 rings (SSSR count). The normalized spacial score (nSPS) is 16.9. The Bertz CT molecular complexity index is 1230. The SMILES string of the molecule is CC(C)(C)c1cccc(C2(NCC(O)C(Cc3cc(F)cc(F)c3)NC(=O)CCc3ccco3)CCCCC2)c1. The fraction of sp³-hybridized carbons (Fsp3) is 0.485. The lowest BCUT2D eigenvalue weighted by Gasteiger charge is -2.41. The predicted molar refractivity (Wildman–Crippen MR) is 153 cm³/mol. The Morgan fingerprint density at radius 1 is 1.02 bits per heavy atom. The third-order valence-corrected chi connectivity index (χ3v) is 8.01. The van der Waals surface area contributed by atoms with Gasteiger partial charge in [0.1, 0.15) is 17.4 Å². The number of furan rings is 1. The fourth-order valence-electron chi connectivity index (χ4n) is 5.68. The molecule has 7 heteroatoms. The standard InChI is InChI=1S/C33H42F2N2O3/c1-32(2,3)24-9-7-10-25(20-24)33(14-5-4-6-15-33)36-22-30(38)29(19-23-17-26(34)21-27(35)18-23)37-31(39)13-12-28-11-8-16-40-28/h7-11,16-18,20-21,29-30,36,38H,4-6,12-15,19,22H2,1-3H3,(H,37,39). The van der Waals surface area contributed by atoms with Crippen molar-refractivity contribution in [3.63, 3.8) is 0 Å². The number of rotatable bonds is 11. The number of benzene rings is 2. The molecule has 2 unspecified atom stereocenters. The van der Waals surface area contributed by atoms with Crippen LogP contribution in [0, 0.1) is 11.6 Å². The number of nitrogens with one attached hydrogen (secondary N) is 2. The van der Waals surface area contributed by atoms with Gasteiger partial charge in [0.05, 0.1) is 18.4 Å². The Labute approximate surface area is 236 Å². The Morgan fingerprint density at radius 2 is 1.75 bits per heavy atom. The molecule has 1 amide bonds. The van der Waals surface area contributed by atoms with E-state index in [4.69, 9.17) is 4.42 Å². The van der Waals surface area contributed by atoms with Gasteiger partial charge < -0.3 is 20.2 Å². The van der Waals surface area contributed by atoms with Gasteiger partial charge in [-0.2, -0.15) is 0 Å². The maximum absolute atomic E-state index is 14.0. The number of hydrogen-bond acceptors (Lipinski definition) is 4. The zero-order chi connectivity index (χ0) is 28.8. The van der Waals surface area contributed by atoms with Crippen LogP contribution in [0.3, 0.4) is 0 Å². The summed E-state index contributed by atoms with van der Waals surface area (Å²) >= 11 is 0. The number of carbonyl (C=O) groups excluding carboxylic acids is 1. The van der Waals surface area contributed by atoms with Crippen LogP contribution in [0.1, 0.15) is 81.7 Å². The molecule has 1 heterocycles. The highest BCUT2D eigenvalue weighted by Gasteiger charge is 2.35. The maximum atomic E-state index is 14.0. The number of carbonyl (C=O) groups is 1. The van der Waals surface area contributed by atoms with Crippen molar-refractivity contribution in [1.82, 2.24) is 10.6 Å². The van der Waals surface area contributed by atoms with Crippen LogP contribution >= 0.6 is 0 Å². The van der Waals surface area contributed by atoms with Crippen molar-refractivity contribution < 1.29 is 23.1 Å². The van der Waals surface area contributed by atoms with E-state index >= 15 is 0 Å². The van der Waals surface area contributed by atoms with Crippen LogP contribution in [0.4, 0.5) is 8.78 Å². The highest BCUT2D eigenvalue weighted by atomic mass is 19.1. The van der Waals surface area contributed by atoms with Crippen molar-refractivity contribution in [1.29, 1.82) is 0 Å². The van der Waals surface area contributed by atoms with Crippen molar-refractivity contribution in [2.45, 2.75) is 95.2 Å². The summed E-state index contributed by atoms with van der Waals surface area (Å²) < 4.78 is 33.2. The maximum Gasteiger partial charge on any atom is 0.220 e. The molecule has 0 spiro atoms. The molecule has 1 aliphatic carbocycles. The van der Waals surface area contributed by atoms with Gasteiger partial charge in [0, 0.05) is 31.0 Å². The van der Waals surface area contributed by atoms with Crippen LogP contribution in [0.5, 0.6) is 0 Å². The van der Waals surface area contributed by atoms with Gasteiger partial charge in [-0.1, -0.05) is 64.3 Å². The second kappa shape index (κ2) is 13.1. The number of halogens is 2. The summed E-state index contributed by atoms with van der Waals surface area (Å²) in [6.45, 7) is 6.82. The Morgan fingerprint density at radius 3 is 2.40 bits per heavy atom. The zero-order valence-electron chi connectivity index (χ0n) is 23.8. The molecule has 1 aliphatic rings. The highest BCUT2D eigenvalue weighted by molar-refractivity contribution is 5.76. The number of aryl methyl sites for hydroxylation is 1. The quantitative estimate of drug-likeness (QED) is 0.260. The Hall–Kier alpha value is -3.03. The molecule has 0 bridgehead atoms. The van der Waals surface area contributed by atoms with Crippen molar-refractivity contribution >= 4 is 5.91 Å². The summed E-state index contributed by atoms with van der Waals surface area (Å²) in [5.41, 5.74) is 2.55. The third kappa shape index (κ3) is 8.01. The van der Waals surface area contributed by atoms with Crippen molar-refractivity contribution in [3.8, 4) is 0 Å². The predicted octanol–water partition coefficient (Wildman–Crippen LogP) is 6.33. The molecule has 1 aromatic heterocycles. The third-order valence-electron chi connectivity index (χ3n) is 8.01. The van der Waals surface area contributed by atoms with E-state index in [0.717, 1.165) is 31.7 Å². The molecular weight excluding hydrogens is 510 g/mol. The van der Waals surface area contributed by atoms with Gasteiger partial charge in [0.25, 0.3) is 0 Å². The molecule has 2 atom stereocenters. The van der Waals surface area contributed by atoms with Crippen LogP contribution in [-0.2, 0) is 28.6 Å². The molecule has 3 N–H and O–H groups in total. The molecule has 0 radical (unpaired) electrons. The second-order valence-electron chi connectivity index (χ2n) is 12.2. The molecule has 216 valence electrons. The number of amides is 1. The van der Waals surface area contributed by atoms with Gasteiger partial charge in [0.15, 0.2) is 0 Å². The van der Waals surface area contributed by atoms with Crippen LogP contribution in [0.15, 0.2) is 65.3 Å². The second-order valence-corrected chi connectivity index (χ2v) is 12.2. The van der Waals surface area contributed by atoms with E-state index in [0.29, 0.717) is 17.7 Å².